The van der Waals surface area contributed by atoms with Gasteiger partial charge in [-0.15, -0.1) is 0 Å². The summed E-state index contributed by atoms with van der Waals surface area (Å²) in [6.07, 6.45) is 1.56. The van der Waals surface area contributed by atoms with Crippen LogP contribution in [0, 0.1) is 0 Å². The summed E-state index contributed by atoms with van der Waals surface area (Å²) in [5, 5.41) is 0.159. The first-order valence-corrected chi connectivity index (χ1v) is 6.69. The molecule has 5 heteroatoms. The number of aromatic nitrogens is 2. The van der Waals surface area contributed by atoms with E-state index in [1.54, 1.807) is 6.20 Å². The number of hydrogen-bond acceptors (Lipinski definition) is 3. The second-order valence-corrected chi connectivity index (χ2v) is 5.31. The van der Waals surface area contributed by atoms with Crippen molar-refractivity contribution in [3.8, 4) is 11.6 Å². The predicted molar refractivity (Wildman–Crippen MR) is 75.3 cm³/mol. The zero-order chi connectivity index (χ0) is 13.1. The second-order valence-electron chi connectivity index (χ2n) is 4.12. The Kier molecular flexibility index (Phi) is 4.19. The average molecular weight is 328 g/mol. The summed E-state index contributed by atoms with van der Waals surface area (Å²) >= 11 is 9.04. The van der Waals surface area contributed by atoms with Gasteiger partial charge in [-0.05, 0) is 51.1 Å². The van der Waals surface area contributed by atoms with E-state index in [1.165, 1.54) is 5.56 Å². The van der Waals surface area contributed by atoms with E-state index in [9.17, 15) is 0 Å². The topological polar surface area (TPSA) is 35.0 Å². The number of halogens is 2. The van der Waals surface area contributed by atoms with Crippen LogP contribution in [0.3, 0.4) is 0 Å². The zero-order valence-electron chi connectivity index (χ0n) is 10.0. The van der Waals surface area contributed by atoms with Crippen LogP contribution in [0.4, 0.5) is 0 Å². The first kappa shape index (κ1) is 13.3. The van der Waals surface area contributed by atoms with Crippen LogP contribution in [0.1, 0.15) is 25.3 Å². The van der Waals surface area contributed by atoms with Gasteiger partial charge in [-0.2, -0.15) is 4.98 Å². The van der Waals surface area contributed by atoms with Gasteiger partial charge in [0.2, 0.25) is 11.2 Å². The van der Waals surface area contributed by atoms with Gasteiger partial charge in [0.1, 0.15) is 5.75 Å². The van der Waals surface area contributed by atoms with Crippen LogP contribution in [0.25, 0.3) is 0 Å². The minimum atomic E-state index is 0.159. The van der Waals surface area contributed by atoms with Crippen LogP contribution in [0.5, 0.6) is 11.6 Å². The van der Waals surface area contributed by atoms with Crippen molar-refractivity contribution < 1.29 is 4.74 Å². The van der Waals surface area contributed by atoms with Crippen LogP contribution < -0.4 is 4.74 Å². The van der Waals surface area contributed by atoms with Crippen molar-refractivity contribution in [3.63, 3.8) is 0 Å². The average Bonchev–Trinajstić information content (AvgIpc) is 2.34. The molecule has 0 aliphatic heterocycles. The standard InChI is InChI=1S/C13H12BrClN2O/c1-8(2)9-3-5-10(6-4-9)18-12-11(14)7-16-13(15)17-12/h3-8H,1-2H3. The maximum absolute atomic E-state index is 5.73. The fraction of sp³-hybridized carbons (Fsp3) is 0.231. The lowest BCUT2D eigenvalue weighted by atomic mass is 10.0. The summed E-state index contributed by atoms with van der Waals surface area (Å²) in [6, 6.07) is 7.91. The molecule has 2 rings (SSSR count). The van der Waals surface area contributed by atoms with Gasteiger partial charge in [0, 0.05) is 6.20 Å². The molecule has 0 aliphatic carbocycles. The van der Waals surface area contributed by atoms with E-state index in [0.29, 0.717) is 16.3 Å². The molecule has 0 bridgehead atoms. The van der Waals surface area contributed by atoms with E-state index < -0.39 is 0 Å². The van der Waals surface area contributed by atoms with Gasteiger partial charge in [0.05, 0.1) is 4.47 Å². The van der Waals surface area contributed by atoms with E-state index in [4.69, 9.17) is 16.3 Å². The van der Waals surface area contributed by atoms with E-state index in [0.717, 1.165) is 5.75 Å². The molecule has 0 spiro atoms. The van der Waals surface area contributed by atoms with Gasteiger partial charge in [-0.3, -0.25) is 0 Å². The highest BCUT2D eigenvalue weighted by Crippen LogP contribution is 2.28. The Morgan fingerprint density at radius 2 is 1.89 bits per heavy atom. The summed E-state index contributed by atoms with van der Waals surface area (Å²) in [7, 11) is 0. The summed E-state index contributed by atoms with van der Waals surface area (Å²) in [6.45, 7) is 4.30. The number of ether oxygens (including phenoxy) is 1. The molecular formula is C13H12BrClN2O. The quantitative estimate of drug-likeness (QED) is 0.759. The third-order valence-electron chi connectivity index (χ3n) is 2.44. The molecule has 0 aliphatic rings. The second kappa shape index (κ2) is 5.67. The Balaban J connectivity index is 2.21. The molecular weight excluding hydrogens is 316 g/mol. The van der Waals surface area contributed by atoms with Gasteiger partial charge >= 0.3 is 0 Å². The van der Waals surface area contributed by atoms with Crippen molar-refractivity contribution in [2.45, 2.75) is 19.8 Å². The molecule has 0 atom stereocenters. The van der Waals surface area contributed by atoms with Gasteiger partial charge in [-0.25, -0.2) is 4.98 Å². The summed E-state index contributed by atoms with van der Waals surface area (Å²) in [5.74, 6) is 1.63. The van der Waals surface area contributed by atoms with Crippen LogP contribution >= 0.6 is 27.5 Å². The van der Waals surface area contributed by atoms with Crippen molar-refractivity contribution in [3.05, 3.63) is 45.8 Å². The largest absolute Gasteiger partial charge is 0.438 e. The monoisotopic (exact) mass is 326 g/mol. The van der Waals surface area contributed by atoms with Gasteiger partial charge in [0.25, 0.3) is 0 Å². The van der Waals surface area contributed by atoms with Gasteiger partial charge < -0.3 is 4.74 Å². The van der Waals surface area contributed by atoms with Crippen LogP contribution in [0.15, 0.2) is 34.9 Å². The molecule has 18 heavy (non-hydrogen) atoms. The Morgan fingerprint density at radius 1 is 1.22 bits per heavy atom. The lowest BCUT2D eigenvalue weighted by Gasteiger charge is -2.08. The van der Waals surface area contributed by atoms with Crippen LogP contribution in [-0.4, -0.2) is 9.97 Å². The SMILES string of the molecule is CC(C)c1ccc(Oc2nc(Cl)ncc2Br)cc1. The Labute approximate surface area is 119 Å². The van der Waals surface area contributed by atoms with Crippen molar-refractivity contribution in [1.82, 2.24) is 9.97 Å². The maximum atomic E-state index is 5.73. The van der Waals surface area contributed by atoms with E-state index >= 15 is 0 Å². The fourth-order valence-corrected chi connectivity index (χ4v) is 1.83. The van der Waals surface area contributed by atoms with E-state index in [2.05, 4.69) is 39.7 Å². The third-order valence-corrected chi connectivity index (χ3v) is 3.17. The zero-order valence-corrected chi connectivity index (χ0v) is 12.4. The van der Waals surface area contributed by atoms with E-state index in [-0.39, 0.29) is 5.28 Å². The molecule has 3 nitrogen and oxygen atoms in total. The highest BCUT2D eigenvalue weighted by atomic mass is 79.9. The van der Waals surface area contributed by atoms with E-state index in [1.807, 2.05) is 24.3 Å². The molecule has 0 unspecified atom stereocenters. The molecule has 1 aromatic heterocycles. The smallest absolute Gasteiger partial charge is 0.237 e. The molecule has 1 heterocycles. The number of hydrogen-bond donors (Lipinski definition) is 0. The lowest BCUT2D eigenvalue weighted by Crippen LogP contribution is -1.92. The minimum Gasteiger partial charge on any atom is -0.438 e. The number of nitrogens with zero attached hydrogens (tertiary/aromatic N) is 2. The summed E-state index contributed by atoms with van der Waals surface area (Å²) in [5.41, 5.74) is 1.27. The lowest BCUT2D eigenvalue weighted by molar-refractivity contribution is 0.458. The molecule has 0 N–H and O–H groups in total. The van der Waals surface area contributed by atoms with Gasteiger partial charge in [0.15, 0.2) is 0 Å². The normalized spacial score (nSPS) is 10.7. The molecule has 2 aromatic rings. The van der Waals surface area contributed by atoms with Crippen molar-refractivity contribution >= 4 is 27.5 Å². The van der Waals surface area contributed by atoms with Crippen LogP contribution in [0.2, 0.25) is 5.28 Å². The molecule has 0 saturated carbocycles. The molecule has 1 aromatic carbocycles. The van der Waals surface area contributed by atoms with Crippen LogP contribution in [-0.2, 0) is 0 Å². The predicted octanol–water partition coefficient (Wildman–Crippen LogP) is 4.81. The van der Waals surface area contributed by atoms with Crippen molar-refractivity contribution in [1.29, 1.82) is 0 Å². The fourth-order valence-electron chi connectivity index (χ4n) is 1.44. The third kappa shape index (κ3) is 3.21. The van der Waals surface area contributed by atoms with Gasteiger partial charge in [-0.1, -0.05) is 26.0 Å². The number of benzene rings is 1. The first-order chi connectivity index (χ1) is 8.56. The molecule has 0 amide bonds. The molecule has 0 fully saturated rings. The maximum Gasteiger partial charge on any atom is 0.237 e. The summed E-state index contributed by atoms with van der Waals surface area (Å²) in [4.78, 5) is 7.86. The Morgan fingerprint density at radius 3 is 2.50 bits per heavy atom. The first-order valence-electron chi connectivity index (χ1n) is 5.52. The Bertz CT molecular complexity index is 543. The van der Waals surface area contributed by atoms with Crippen molar-refractivity contribution in [2.24, 2.45) is 0 Å². The van der Waals surface area contributed by atoms with Crippen molar-refractivity contribution in [2.75, 3.05) is 0 Å². The molecule has 94 valence electrons. The number of rotatable bonds is 3. The highest BCUT2D eigenvalue weighted by molar-refractivity contribution is 9.10. The Hall–Kier alpha value is -1.13. The molecule has 0 radical (unpaired) electrons. The highest BCUT2D eigenvalue weighted by Gasteiger charge is 2.07. The minimum absolute atomic E-state index is 0.159. The summed E-state index contributed by atoms with van der Waals surface area (Å²) < 4.78 is 6.31. The molecule has 0 saturated heterocycles.